The van der Waals surface area contributed by atoms with Gasteiger partial charge < -0.3 is 84.3 Å². The maximum atomic E-state index is 13.8. The Kier molecular flexibility index (Phi) is 13.2. The van der Waals surface area contributed by atoms with Crippen LogP contribution in [0.3, 0.4) is 0 Å². The number of carbonyl (C=O) groups excluding carboxylic acids is 1. The zero-order valence-electron chi connectivity index (χ0n) is 38.6. The lowest BCUT2D eigenvalue weighted by molar-refractivity contribution is -0.387. The number of aliphatic hydroxyl groups is 9. The van der Waals surface area contributed by atoms with Crippen LogP contribution in [0.4, 0.5) is 0 Å². The molecule has 4 saturated carbocycles. The van der Waals surface area contributed by atoms with E-state index >= 15 is 0 Å². The predicted octanol–water partition coefficient (Wildman–Crippen LogP) is 0.523. The molecule has 24 atom stereocenters. The molecule has 3 saturated heterocycles. The molecule has 8 aliphatic rings. The fraction of sp³-hybridized carbons (Fsp3) is 0.915. The van der Waals surface area contributed by atoms with Crippen molar-refractivity contribution in [3.8, 4) is 0 Å². The van der Waals surface area contributed by atoms with Gasteiger partial charge in [0.05, 0.1) is 36.9 Å². The van der Waals surface area contributed by atoms with E-state index in [0.717, 1.165) is 18.3 Å². The van der Waals surface area contributed by atoms with Crippen molar-refractivity contribution in [2.45, 2.75) is 204 Å². The van der Waals surface area contributed by atoms with Gasteiger partial charge in [-0.15, -0.1) is 0 Å². The van der Waals surface area contributed by atoms with Gasteiger partial charge >= 0.3 is 5.97 Å². The molecule has 3 aliphatic heterocycles. The summed E-state index contributed by atoms with van der Waals surface area (Å²) < 4.78 is 36.7. The van der Waals surface area contributed by atoms with Gasteiger partial charge in [-0.1, -0.05) is 53.2 Å². The summed E-state index contributed by atoms with van der Waals surface area (Å²) in [4.78, 5) is 27.0. The minimum Gasteiger partial charge on any atom is -0.481 e. The maximum Gasteiger partial charge on any atom is 0.312 e. The highest BCUT2D eigenvalue weighted by atomic mass is 16.8. The molecule has 0 amide bonds. The second-order valence-electron chi connectivity index (χ2n) is 22.8. The number of fused-ring (bicyclic) bond motifs is 7. The molecule has 18 heteroatoms. The largest absolute Gasteiger partial charge is 0.481 e. The summed E-state index contributed by atoms with van der Waals surface area (Å²) >= 11 is 0. The molecule has 0 aromatic carbocycles. The van der Waals surface area contributed by atoms with Crippen molar-refractivity contribution in [2.75, 3.05) is 13.2 Å². The molecule has 0 radical (unpaired) electrons. The summed E-state index contributed by atoms with van der Waals surface area (Å²) in [5.74, 6) is -1.39. The van der Waals surface area contributed by atoms with Crippen LogP contribution in [0.15, 0.2) is 11.6 Å². The summed E-state index contributed by atoms with van der Waals surface area (Å²) in [6, 6.07) is 0. The molecule has 0 aromatic rings. The molecule has 5 aliphatic carbocycles. The molecule has 0 aromatic heterocycles. The number of aliphatic carboxylic acids is 1. The number of allylic oxidation sites excluding steroid dienone is 2. The second-order valence-corrected chi connectivity index (χ2v) is 22.8. The molecule has 370 valence electrons. The van der Waals surface area contributed by atoms with Gasteiger partial charge in [0, 0.05) is 0 Å². The van der Waals surface area contributed by atoms with E-state index in [4.69, 9.17) is 28.4 Å². The Balaban J connectivity index is 1.09. The molecule has 0 spiro atoms. The van der Waals surface area contributed by atoms with Crippen LogP contribution >= 0.6 is 0 Å². The van der Waals surface area contributed by atoms with Crippen molar-refractivity contribution in [1.82, 2.24) is 0 Å². The lowest BCUT2D eigenvalue weighted by Crippen LogP contribution is -2.68. The second kappa shape index (κ2) is 17.3. The van der Waals surface area contributed by atoms with Crippen LogP contribution in [-0.4, -0.2) is 175 Å². The fourth-order valence-electron chi connectivity index (χ4n) is 14.8. The van der Waals surface area contributed by atoms with E-state index in [-0.39, 0.29) is 28.6 Å². The monoisotopic (exact) mass is 926 g/mol. The molecular weight excluding hydrogens is 852 g/mol. The normalized spacial score (nSPS) is 55.4. The zero-order valence-corrected chi connectivity index (χ0v) is 38.6. The first-order valence-electron chi connectivity index (χ1n) is 23.7. The quantitative estimate of drug-likeness (QED) is 0.0857. The van der Waals surface area contributed by atoms with Gasteiger partial charge in [0.25, 0.3) is 0 Å². The Morgan fingerprint density at radius 1 is 0.754 bits per heavy atom. The highest BCUT2D eigenvalue weighted by Gasteiger charge is 2.72. The van der Waals surface area contributed by atoms with Gasteiger partial charge in [0.2, 0.25) is 0 Å². The molecule has 7 fully saturated rings. The lowest BCUT2D eigenvalue weighted by Gasteiger charge is -2.71. The van der Waals surface area contributed by atoms with E-state index in [0.29, 0.717) is 51.4 Å². The Labute approximate surface area is 380 Å². The van der Waals surface area contributed by atoms with Crippen LogP contribution in [0.1, 0.15) is 106 Å². The van der Waals surface area contributed by atoms with Crippen LogP contribution in [0.25, 0.3) is 0 Å². The van der Waals surface area contributed by atoms with Crippen molar-refractivity contribution in [1.29, 1.82) is 0 Å². The molecule has 18 nitrogen and oxygen atoms in total. The number of hydrogen-bond acceptors (Lipinski definition) is 17. The number of ether oxygens (including phenoxy) is 6. The third-order valence-corrected chi connectivity index (χ3v) is 18.9. The molecule has 10 N–H and O–H groups in total. The van der Waals surface area contributed by atoms with E-state index in [1.165, 1.54) is 6.92 Å². The molecular formula is C47H74O18. The van der Waals surface area contributed by atoms with Crippen molar-refractivity contribution < 1.29 is 89.1 Å². The van der Waals surface area contributed by atoms with E-state index in [1.807, 2.05) is 6.92 Å². The van der Waals surface area contributed by atoms with Crippen LogP contribution in [0.5, 0.6) is 0 Å². The maximum absolute atomic E-state index is 13.8. The predicted molar refractivity (Wildman–Crippen MR) is 225 cm³/mol. The van der Waals surface area contributed by atoms with Crippen LogP contribution in [-0.2, 0) is 38.0 Å². The van der Waals surface area contributed by atoms with Gasteiger partial charge in [-0.25, -0.2) is 0 Å². The smallest absolute Gasteiger partial charge is 0.312 e. The molecule has 8 rings (SSSR count). The summed E-state index contributed by atoms with van der Waals surface area (Å²) in [6.07, 6.45) is -15.6. The average Bonchev–Trinajstić information content (AvgIpc) is 3.24. The number of hydrogen-bond donors (Lipinski definition) is 10. The van der Waals surface area contributed by atoms with Gasteiger partial charge in [0.1, 0.15) is 72.7 Å². The summed E-state index contributed by atoms with van der Waals surface area (Å²) in [5.41, 5.74) is -2.57. The standard InChI is InChI=1S/C47H74O18/c1-21-30(52)32(54)34(56)38(61-21)64-36-24(50)19-60-40(37(36)65-39-35(57)33(55)31(53)25(18-48)62-39)63-29-11-12-43(4)26(44(29,5)20-49)10-13-45(6)27(43)9-8-22-23-16-42(2,3)14-15-47(23,41(58)59)28(51)17-46(22,45)7/h8,20-21,23-40,48,50-57H,9-19H2,1-7H3,(H,58,59)/t21-,23?,24+,25?,26+,27?,28-,29-,30-,31+,32?,33-,34?,35?,36-,37?,38-,39-,40-,43?,44+,45-,46+,47?/m0/s1. The Bertz CT molecular complexity index is 1810. The van der Waals surface area contributed by atoms with E-state index < -0.39 is 139 Å². The summed E-state index contributed by atoms with van der Waals surface area (Å²) in [5, 5.41) is 108. The van der Waals surface area contributed by atoms with Crippen molar-refractivity contribution in [2.24, 2.45) is 50.2 Å². The summed E-state index contributed by atoms with van der Waals surface area (Å²) in [6.45, 7) is 13.3. The van der Waals surface area contributed by atoms with Gasteiger partial charge in [-0.05, 0) is 104 Å². The highest BCUT2D eigenvalue weighted by Crippen LogP contribution is 2.76. The zero-order chi connectivity index (χ0) is 47.6. The van der Waals surface area contributed by atoms with Crippen LogP contribution in [0, 0.1) is 50.2 Å². The van der Waals surface area contributed by atoms with E-state index in [9.17, 15) is 60.7 Å². The number of carboxylic acids is 1. The van der Waals surface area contributed by atoms with Gasteiger partial charge in [-0.3, -0.25) is 4.79 Å². The van der Waals surface area contributed by atoms with Crippen molar-refractivity contribution in [3.05, 3.63) is 11.6 Å². The first-order chi connectivity index (χ1) is 30.3. The van der Waals surface area contributed by atoms with Crippen LogP contribution in [0.2, 0.25) is 0 Å². The van der Waals surface area contributed by atoms with E-state index in [2.05, 4.69) is 40.7 Å². The Morgan fingerprint density at radius 3 is 2.05 bits per heavy atom. The van der Waals surface area contributed by atoms with Crippen molar-refractivity contribution in [3.63, 3.8) is 0 Å². The third kappa shape index (κ3) is 7.54. The molecule has 0 bridgehead atoms. The number of aldehydes is 1. The fourth-order valence-corrected chi connectivity index (χ4v) is 14.8. The first kappa shape index (κ1) is 49.7. The minimum atomic E-state index is -1.88. The minimum absolute atomic E-state index is 0.0585. The highest BCUT2D eigenvalue weighted by molar-refractivity contribution is 5.77. The Hall–Kier alpha value is -1.72. The third-order valence-electron chi connectivity index (χ3n) is 18.9. The van der Waals surface area contributed by atoms with Gasteiger partial charge in [-0.2, -0.15) is 0 Å². The molecule has 3 heterocycles. The molecule has 65 heavy (non-hydrogen) atoms. The lowest BCUT2D eigenvalue weighted by atomic mass is 9.33. The number of rotatable bonds is 9. The van der Waals surface area contributed by atoms with Crippen molar-refractivity contribution >= 4 is 12.3 Å². The van der Waals surface area contributed by atoms with Crippen LogP contribution < -0.4 is 0 Å². The number of aliphatic hydroxyl groups excluding tert-OH is 9. The van der Waals surface area contributed by atoms with Gasteiger partial charge in [0.15, 0.2) is 18.9 Å². The number of carboxylic acid groups (broad SMARTS) is 1. The molecule has 9 unspecified atom stereocenters. The van der Waals surface area contributed by atoms with E-state index in [1.54, 1.807) is 0 Å². The average molecular weight is 927 g/mol. The Morgan fingerprint density at radius 2 is 1.40 bits per heavy atom. The summed E-state index contributed by atoms with van der Waals surface area (Å²) in [7, 11) is 0. The number of carbonyl (C=O) groups is 2. The first-order valence-corrected chi connectivity index (χ1v) is 23.7. The SMILES string of the molecule is C[C@@H]1O[C@@H](O[C@@H]2C(O[C@@H]3OC(CO)[C@@H](O)[C@H](O)C3O)[C@H](O[C@H]3CCC4(C)C5CC=C6C7CC(C)(C)CCC7(C(=O)O)[C@@H](O)C[C@@]6(C)[C@@]5(C)CC[C@H]4[C@@]3(C)C=O)OC[C@H]2O)C(O)C(O)[C@H]1O. The topological polar surface area (TPSA) is 292 Å².